The van der Waals surface area contributed by atoms with Crippen LogP contribution in [0.2, 0.25) is 5.02 Å². The van der Waals surface area contributed by atoms with E-state index in [0.29, 0.717) is 29.3 Å². The van der Waals surface area contributed by atoms with Crippen molar-refractivity contribution in [2.45, 2.75) is 79.2 Å². The Morgan fingerprint density at radius 3 is 2.58 bits per heavy atom. The van der Waals surface area contributed by atoms with Gasteiger partial charge in [-0.15, -0.1) is 0 Å². The molecule has 0 spiro atoms. The maximum Gasteiger partial charge on any atom is 0.250 e. The number of amides is 2. The zero-order valence-electron chi connectivity index (χ0n) is 23.4. The maximum atomic E-state index is 13.5. The molecule has 0 saturated carbocycles. The van der Waals surface area contributed by atoms with E-state index in [1.54, 1.807) is 6.07 Å². The van der Waals surface area contributed by atoms with Crippen molar-refractivity contribution in [2.24, 2.45) is 0 Å². The summed E-state index contributed by atoms with van der Waals surface area (Å²) in [6, 6.07) is 5.08. The number of carbonyl (C=O) groups is 2. The maximum absolute atomic E-state index is 13.5. The predicted molar refractivity (Wildman–Crippen MR) is 157 cm³/mol. The number of nitrogens with one attached hydrogen (secondary N) is 2. The van der Waals surface area contributed by atoms with Crippen LogP contribution in [0.4, 0.5) is 0 Å². The quantitative estimate of drug-likeness (QED) is 0.378. The molecular formula is C31H41ClN4O2. The minimum absolute atomic E-state index is 0.133. The van der Waals surface area contributed by atoms with Crippen molar-refractivity contribution in [2.75, 3.05) is 13.1 Å². The first-order chi connectivity index (χ1) is 18.4. The van der Waals surface area contributed by atoms with Gasteiger partial charge in [-0.1, -0.05) is 49.8 Å². The average Bonchev–Trinajstić information content (AvgIpc) is 3.25. The topological polar surface area (TPSA) is 78.1 Å². The van der Waals surface area contributed by atoms with Gasteiger partial charge < -0.3 is 15.2 Å². The molecule has 1 aromatic carbocycles. The Balaban J connectivity index is 0.00000195. The van der Waals surface area contributed by atoms with E-state index in [1.165, 1.54) is 6.42 Å². The third-order valence-corrected chi connectivity index (χ3v) is 7.19. The van der Waals surface area contributed by atoms with Gasteiger partial charge in [0.05, 0.1) is 11.0 Å². The van der Waals surface area contributed by atoms with Gasteiger partial charge in [0.25, 0.3) is 0 Å². The minimum Gasteiger partial charge on any atom is -0.340 e. The number of fused-ring (bicyclic) bond motifs is 1. The van der Waals surface area contributed by atoms with Crippen molar-refractivity contribution in [3.63, 3.8) is 0 Å². The first kappa shape index (κ1) is 29.4. The number of hydrogen-bond acceptors (Lipinski definition) is 3. The lowest BCUT2D eigenvalue weighted by molar-refractivity contribution is -0.128. The number of carbonyl (C=O) groups excluding carboxylic acids is 2. The number of imidazole rings is 1. The van der Waals surface area contributed by atoms with Crippen LogP contribution < -0.4 is 5.32 Å². The molecule has 38 heavy (non-hydrogen) atoms. The summed E-state index contributed by atoms with van der Waals surface area (Å²) in [4.78, 5) is 36.7. The third kappa shape index (κ3) is 7.25. The minimum atomic E-state index is -0.428. The van der Waals surface area contributed by atoms with Crippen LogP contribution >= 0.6 is 11.6 Å². The number of rotatable bonds is 6. The predicted octanol–water partition coefficient (Wildman–Crippen LogP) is 7.36. The van der Waals surface area contributed by atoms with Crippen molar-refractivity contribution in [1.82, 2.24) is 20.2 Å². The Hall–Kier alpha value is -3.12. The molecule has 2 aromatic rings. The number of benzene rings is 1. The van der Waals surface area contributed by atoms with Gasteiger partial charge in [0.2, 0.25) is 11.8 Å². The summed E-state index contributed by atoms with van der Waals surface area (Å²) in [5, 5.41) is 3.81. The second kappa shape index (κ2) is 14.1. The molecular weight excluding hydrogens is 496 g/mol. The Morgan fingerprint density at radius 2 is 1.87 bits per heavy atom. The molecule has 1 fully saturated rings. The van der Waals surface area contributed by atoms with Gasteiger partial charge in [-0.2, -0.15) is 0 Å². The summed E-state index contributed by atoms with van der Waals surface area (Å²) < 4.78 is 0. The van der Waals surface area contributed by atoms with E-state index in [9.17, 15) is 9.59 Å². The number of aromatic amines is 1. The Bertz CT molecular complexity index is 1260. The molecule has 7 heteroatoms. The zero-order chi connectivity index (χ0) is 27.7. The van der Waals surface area contributed by atoms with Gasteiger partial charge in [0.15, 0.2) is 0 Å². The summed E-state index contributed by atoms with van der Waals surface area (Å²) in [7, 11) is 0. The van der Waals surface area contributed by atoms with Crippen molar-refractivity contribution < 1.29 is 9.59 Å². The molecule has 1 unspecified atom stereocenters. The van der Waals surface area contributed by atoms with E-state index in [2.05, 4.69) is 10.3 Å². The highest BCUT2D eigenvalue weighted by Crippen LogP contribution is 2.28. The van der Waals surface area contributed by atoms with Crippen LogP contribution in [0.15, 0.2) is 64.8 Å². The molecule has 0 bridgehead atoms. The number of hydrogen-bond donors (Lipinski definition) is 2. The van der Waals surface area contributed by atoms with Gasteiger partial charge in [-0.3, -0.25) is 9.59 Å². The number of nitrogens with zero attached hydrogens (tertiary/aromatic N) is 2. The molecule has 2 amide bonds. The van der Waals surface area contributed by atoms with Crippen LogP contribution in [-0.2, 0) is 9.59 Å². The van der Waals surface area contributed by atoms with Crippen LogP contribution in [0.3, 0.4) is 0 Å². The second-order valence-corrected chi connectivity index (χ2v) is 10.1. The van der Waals surface area contributed by atoms with Crippen LogP contribution in [0.25, 0.3) is 11.0 Å². The molecule has 1 atom stereocenters. The van der Waals surface area contributed by atoms with E-state index in [4.69, 9.17) is 16.6 Å². The normalized spacial score (nSPS) is 17.6. The molecule has 1 saturated heterocycles. The lowest BCUT2D eigenvalue weighted by Gasteiger charge is -2.28. The van der Waals surface area contributed by atoms with Crippen LogP contribution in [0.1, 0.15) is 85.0 Å². The fourth-order valence-electron chi connectivity index (χ4n) is 4.92. The van der Waals surface area contributed by atoms with E-state index in [1.807, 2.05) is 76.0 Å². The molecule has 2 heterocycles. The molecule has 1 aliphatic heterocycles. The molecule has 2 aliphatic rings. The third-order valence-electron chi connectivity index (χ3n) is 6.95. The lowest BCUT2D eigenvalue weighted by atomic mass is 10.0. The molecule has 1 aliphatic carbocycles. The number of aromatic nitrogens is 2. The highest BCUT2D eigenvalue weighted by atomic mass is 35.5. The molecule has 1 aromatic heterocycles. The van der Waals surface area contributed by atoms with Crippen LogP contribution in [0.5, 0.6) is 0 Å². The Kier molecular flexibility index (Phi) is 11.0. The van der Waals surface area contributed by atoms with E-state index >= 15 is 0 Å². The Labute approximate surface area is 231 Å². The number of likely N-dealkylation sites (tertiary alicyclic amines) is 1. The monoisotopic (exact) mass is 536 g/mol. The van der Waals surface area contributed by atoms with E-state index in [-0.39, 0.29) is 11.8 Å². The zero-order valence-corrected chi connectivity index (χ0v) is 24.1. The highest BCUT2D eigenvalue weighted by molar-refractivity contribution is 6.31. The summed E-state index contributed by atoms with van der Waals surface area (Å²) in [5.74, 6) is 0.646. The summed E-state index contributed by atoms with van der Waals surface area (Å²) >= 11 is 6.16. The van der Waals surface area contributed by atoms with E-state index < -0.39 is 6.04 Å². The van der Waals surface area contributed by atoms with Crippen molar-refractivity contribution in [1.29, 1.82) is 0 Å². The first-order valence-electron chi connectivity index (χ1n) is 13.8. The largest absolute Gasteiger partial charge is 0.340 e. The fourth-order valence-corrected chi connectivity index (χ4v) is 5.09. The van der Waals surface area contributed by atoms with Crippen LogP contribution in [-0.4, -0.2) is 39.8 Å². The SMILES string of the molecule is C/C=C\C=C(/C)C(NC(=O)C1=CC(C)=C(C(=O)N2CCCCC2)CCC1)c1nc2ccc(Cl)cc2[nH]1.CC. The van der Waals surface area contributed by atoms with Crippen molar-refractivity contribution >= 4 is 34.4 Å². The average molecular weight is 537 g/mol. The number of halogens is 1. The second-order valence-electron chi connectivity index (χ2n) is 9.66. The van der Waals surface area contributed by atoms with Gasteiger partial charge in [0.1, 0.15) is 11.9 Å². The highest BCUT2D eigenvalue weighted by Gasteiger charge is 2.26. The van der Waals surface area contributed by atoms with E-state index in [0.717, 1.165) is 60.1 Å². The fraction of sp³-hybridized carbons (Fsp3) is 0.452. The molecule has 6 nitrogen and oxygen atoms in total. The molecule has 0 radical (unpaired) electrons. The summed E-state index contributed by atoms with van der Waals surface area (Å²) in [6.45, 7) is 11.5. The summed E-state index contributed by atoms with van der Waals surface area (Å²) in [6.07, 6.45) is 13.2. The number of piperidine rings is 1. The summed E-state index contributed by atoms with van der Waals surface area (Å²) in [5.41, 5.74) is 5.00. The van der Waals surface area contributed by atoms with Gasteiger partial charge >= 0.3 is 0 Å². The first-order valence-corrected chi connectivity index (χ1v) is 14.2. The lowest BCUT2D eigenvalue weighted by Crippen LogP contribution is -2.36. The van der Waals surface area contributed by atoms with Crippen molar-refractivity contribution in [3.8, 4) is 0 Å². The molecule has 2 N–H and O–H groups in total. The van der Waals surface area contributed by atoms with Crippen LogP contribution in [0, 0.1) is 0 Å². The number of allylic oxidation sites excluding steroid dienone is 5. The molecule has 204 valence electrons. The smallest absolute Gasteiger partial charge is 0.250 e. The van der Waals surface area contributed by atoms with Gasteiger partial charge in [-0.25, -0.2) is 4.98 Å². The van der Waals surface area contributed by atoms with Gasteiger partial charge in [-0.05, 0) is 88.6 Å². The van der Waals surface area contributed by atoms with Crippen molar-refractivity contribution in [3.05, 3.63) is 75.6 Å². The standard InChI is InChI=1S/C29H35ClN4O2.C2H6/c1-4-5-10-19(2)26(27-31-24-14-13-22(30)18-25(24)32-27)33-28(35)21-11-9-12-23(20(3)17-21)29(36)34-15-7-6-8-16-34;1-2/h4-5,10,13-14,17-18,26H,6-9,11-12,15-16H2,1-3H3,(H,31,32)(H,33,35);1-2H3/b5-4-,19-10+;. The number of H-pyrrole nitrogens is 1. The molecule has 4 rings (SSSR count). The van der Waals surface area contributed by atoms with Gasteiger partial charge in [0, 0.05) is 29.3 Å². The Morgan fingerprint density at radius 1 is 1.13 bits per heavy atom.